The number of aryl methyl sites for hydroxylation is 1. The summed E-state index contributed by atoms with van der Waals surface area (Å²) in [6.45, 7) is 2.41. The van der Waals surface area contributed by atoms with Crippen LogP contribution in [0.15, 0.2) is 36.4 Å². The van der Waals surface area contributed by atoms with Gasteiger partial charge in [-0.1, -0.05) is 49.7 Å². The molecule has 2 aromatic rings. The van der Waals surface area contributed by atoms with Crippen molar-refractivity contribution in [3.8, 4) is 0 Å². The zero-order chi connectivity index (χ0) is 12.9. The molecule has 2 aliphatic rings. The number of hydrogen-bond donors (Lipinski definition) is 0. The lowest BCUT2D eigenvalue weighted by molar-refractivity contribution is 0.211. The average Bonchev–Trinajstić information content (AvgIpc) is 2.91. The molecule has 0 aromatic heterocycles. The standard InChI is InChI=1S/C19H22/c1-2-19-12-5-8-18(19)17-10-9-14-6-3-4-7-15(14)16(17)11-13-19/h3-4,6-7,9-10,18H,2,5,8,11-13H2,1H3/t18-,19-/m0/s1. The Morgan fingerprint density at radius 2 is 2.00 bits per heavy atom. The Labute approximate surface area is 115 Å². The van der Waals surface area contributed by atoms with Gasteiger partial charge in [-0.05, 0) is 65.3 Å². The molecule has 1 fully saturated rings. The highest BCUT2D eigenvalue weighted by Crippen LogP contribution is 2.58. The van der Waals surface area contributed by atoms with E-state index >= 15 is 0 Å². The Morgan fingerprint density at radius 1 is 1.11 bits per heavy atom. The van der Waals surface area contributed by atoms with Crippen LogP contribution in [0.5, 0.6) is 0 Å². The molecule has 0 nitrogen and oxygen atoms in total. The topological polar surface area (TPSA) is 0 Å². The van der Waals surface area contributed by atoms with Crippen LogP contribution in [0.1, 0.15) is 56.1 Å². The Morgan fingerprint density at radius 3 is 2.89 bits per heavy atom. The molecule has 0 spiro atoms. The maximum absolute atomic E-state index is 2.44. The number of rotatable bonds is 1. The summed E-state index contributed by atoms with van der Waals surface area (Å²) < 4.78 is 0. The zero-order valence-electron chi connectivity index (χ0n) is 11.8. The molecule has 0 N–H and O–H groups in total. The fourth-order valence-electron chi connectivity index (χ4n) is 4.86. The molecule has 98 valence electrons. The van der Waals surface area contributed by atoms with Crippen molar-refractivity contribution in [3.63, 3.8) is 0 Å². The van der Waals surface area contributed by atoms with E-state index in [9.17, 15) is 0 Å². The number of hydrogen-bond acceptors (Lipinski definition) is 0. The van der Waals surface area contributed by atoms with Crippen LogP contribution < -0.4 is 0 Å². The van der Waals surface area contributed by atoms with Gasteiger partial charge in [0.25, 0.3) is 0 Å². The predicted molar refractivity (Wildman–Crippen MR) is 81.6 cm³/mol. The first-order chi connectivity index (χ1) is 9.34. The summed E-state index contributed by atoms with van der Waals surface area (Å²) in [6, 6.07) is 13.7. The van der Waals surface area contributed by atoms with Crippen LogP contribution in [-0.2, 0) is 6.42 Å². The van der Waals surface area contributed by atoms with Gasteiger partial charge in [0.2, 0.25) is 0 Å². The molecular weight excluding hydrogens is 228 g/mol. The smallest absolute Gasteiger partial charge is 0.0102 e. The van der Waals surface area contributed by atoms with Crippen LogP contribution in [0.25, 0.3) is 10.8 Å². The van der Waals surface area contributed by atoms with E-state index in [0.29, 0.717) is 5.41 Å². The van der Waals surface area contributed by atoms with E-state index in [0.717, 1.165) is 5.92 Å². The van der Waals surface area contributed by atoms with Gasteiger partial charge in [-0.25, -0.2) is 0 Å². The molecule has 2 atom stereocenters. The molecule has 1 saturated carbocycles. The van der Waals surface area contributed by atoms with Crippen LogP contribution in [0, 0.1) is 5.41 Å². The molecule has 0 amide bonds. The van der Waals surface area contributed by atoms with Gasteiger partial charge in [0.1, 0.15) is 0 Å². The van der Waals surface area contributed by atoms with E-state index in [2.05, 4.69) is 43.3 Å². The van der Waals surface area contributed by atoms with Gasteiger partial charge >= 0.3 is 0 Å². The minimum atomic E-state index is 0.634. The summed E-state index contributed by atoms with van der Waals surface area (Å²) in [7, 11) is 0. The summed E-state index contributed by atoms with van der Waals surface area (Å²) >= 11 is 0. The van der Waals surface area contributed by atoms with E-state index in [1.54, 1.807) is 11.1 Å². The molecule has 0 aliphatic heterocycles. The monoisotopic (exact) mass is 250 g/mol. The maximum atomic E-state index is 2.44. The molecule has 4 rings (SSSR count). The SMILES string of the molecule is CC[C@@]12CCC[C@H]1c1ccc3ccccc3c1CC2. The summed E-state index contributed by atoms with van der Waals surface area (Å²) in [4.78, 5) is 0. The van der Waals surface area contributed by atoms with E-state index in [-0.39, 0.29) is 0 Å². The van der Waals surface area contributed by atoms with Crippen molar-refractivity contribution in [2.45, 2.75) is 51.4 Å². The fraction of sp³-hybridized carbons (Fsp3) is 0.474. The van der Waals surface area contributed by atoms with Gasteiger partial charge in [-0.2, -0.15) is 0 Å². The molecule has 0 saturated heterocycles. The van der Waals surface area contributed by atoms with Crippen molar-refractivity contribution in [1.82, 2.24) is 0 Å². The fourth-order valence-corrected chi connectivity index (χ4v) is 4.86. The van der Waals surface area contributed by atoms with Crippen LogP contribution in [-0.4, -0.2) is 0 Å². The van der Waals surface area contributed by atoms with E-state index in [1.807, 2.05) is 0 Å². The van der Waals surface area contributed by atoms with E-state index in [1.165, 1.54) is 49.3 Å². The molecular formula is C19H22. The summed E-state index contributed by atoms with van der Waals surface area (Å²) in [6.07, 6.45) is 8.38. The molecule has 0 heteroatoms. The summed E-state index contributed by atoms with van der Waals surface area (Å²) in [5, 5.41) is 2.93. The Bertz CT molecular complexity index is 625. The average molecular weight is 250 g/mol. The Kier molecular flexibility index (Phi) is 2.48. The van der Waals surface area contributed by atoms with Crippen LogP contribution >= 0.6 is 0 Å². The second-order valence-electron chi connectivity index (χ2n) is 6.52. The third-order valence-corrected chi connectivity index (χ3v) is 5.94. The van der Waals surface area contributed by atoms with Gasteiger partial charge in [-0.15, -0.1) is 0 Å². The minimum absolute atomic E-state index is 0.634. The zero-order valence-corrected chi connectivity index (χ0v) is 11.8. The van der Waals surface area contributed by atoms with Gasteiger partial charge in [0.15, 0.2) is 0 Å². The minimum Gasteiger partial charge on any atom is -0.0648 e. The first-order valence-corrected chi connectivity index (χ1v) is 7.84. The Hall–Kier alpha value is -1.30. The quantitative estimate of drug-likeness (QED) is 0.631. The molecule has 0 bridgehead atoms. The highest BCUT2D eigenvalue weighted by atomic mass is 14.5. The molecule has 19 heavy (non-hydrogen) atoms. The van der Waals surface area contributed by atoms with Crippen LogP contribution in [0.3, 0.4) is 0 Å². The van der Waals surface area contributed by atoms with E-state index < -0.39 is 0 Å². The second-order valence-corrected chi connectivity index (χ2v) is 6.52. The predicted octanol–water partition coefficient (Wildman–Crippen LogP) is 5.45. The molecule has 0 radical (unpaired) electrons. The lowest BCUT2D eigenvalue weighted by atomic mass is 9.64. The van der Waals surface area contributed by atoms with Crippen LogP contribution in [0.2, 0.25) is 0 Å². The maximum Gasteiger partial charge on any atom is -0.0102 e. The largest absolute Gasteiger partial charge is 0.0648 e. The van der Waals surface area contributed by atoms with Crippen molar-refractivity contribution in [2.75, 3.05) is 0 Å². The number of benzene rings is 2. The molecule has 2 aromatic carbocycles. The highest BCUT2D eigenvalue weighted by molar-refractivity contribution is 5.87. The summed E-state index contributed by atoms with van der Waals surface area (Å²) in [5.41, 5.74) is 3.98. The molecule has 2 aliphatic carbocycles. The molecule has 0 heterocycles. The molecule has 0 unspecified atom stereocenters. The normalized spacial score (nSPS) is 29.2. The van der Waals surface area contributed by atoms with Crippen molar-refractivity contribution >= 4 is 10.8 Å². The summed E-state index contributed by atoms with van der Waals surface area (Å²) in [5.74, 6) is 0.839. The third-order valence-electron chi connectivity index (χ3n) is 5.94. The lowest BCUT2D eigenvalue weighted by Gasteiger charge is -2.41. The number of fused-ring (bicyclic) bond motifs is 5. The second kappa shape index (κ2) is 4.10. The van der Waals surface area contributed by atoms with Gasteiger partial charge in [0, 0.05) is 0 Å². The first-order valence-electron chi connectivity index (χ1n) is 7.84. The van der Waals surface area contributed by atoms with Gasteiger partial charge in [0.05, 0.1) is 0 Å². The van der Waals surface area contributed by atoms with Gasteiger partial charge in [-0.3, -0.25) is 0 Å². The van der Waals surface area contributed by atoms with Crippen molar-refractivity contribution in [1.29, 1.82) is 0 Å². The lowest BCUT2D eigenvalue weighted by Crippen LogP contribution is -2.29. The van der Waals surface area contributed by atoms with Crippen LogP contribution in [0.4, 0.5) is 0 Å². The van der Waals surface area contributed by atoms with E-state index in [4.69, 9.17) is 0 Å². The van der Waals surface area contributed by atoms with Crippen molar-refractivity contribution in [2.24, 2.45) is 5.41 Å². The van der Waals surface area contributed by atoms with Crippen molar-refractivity contribution < 1.29 is 0 Å². The first kappa shape index (κ1) is 11.5. The Balaban J connectivity index is 1.93. The van der Waals surface area contributed by atoms with Gasteiger partial charge < -0.3 is 0 Å². The van der Waals surface area contributed by atoms with Crippen molar-refractivity contribution in [3.05, 3.63) is 47.5 Å². The highest BCUT2D eigenvalue weighted by Gasteiger charge is 2.45. The third kappa shape index (κ3) is 1.52.